The van der Waals surface area contributed by atoms with Crippen LogP contribution in [0.3, 0.4) is 0 Å². The van der Waals surface area contributed by atoms with E-state index in [-0.39, 0.29) is 0 Å². The third-order valence-corrected chi connectivity index (χ3v) is 3.31. The highest BCUT2D eigenvalue weighted by Gasteiger charge is 2.24. The number of hydrogen-bond acceptors (Lipinski definition) is 5. The molecule has 0 amide bonds. The average Bonchev–Trinajstić information content (AvgIpc) is 2.37. The molecule has 0 radical (unpaired) electrons. The van der Waals surface area contributed by atoms with Gasteiger partial charge in [0.05, 0.1) is 0 Å². The number of nitrogen functional groups attached to an aromatic ring is 2. The number of aromatic nitrogens is 2. The van der Waals surface area contributed by atoms with Gasteiger partial charge in [0.2, 0.25) is 11.8 Å². The maximum atomic E-state index is 6.07. The number of pyridine rings is 2. The van der Waals surface area contributed by atoms with Crippen LogP contribution in [-0.2, 0) is 6.42 Å². The lowest BCUT2D eigenvalue weighted by molar-refractivity contribution is 0.423. The van der Waals surface area contributed by atoms with E-state index in [9.17, 15) is 0 Å². The molecule has 0 aromatic carbocycles. The zero-order valence-corrected chi connectivity index (χ0v) is 10.3. The number of aryl methyl sites for hydroxylation is 2. The van der Waals surface area contributed by atoms with Gasteiger partial charge in [-0.1, -0.05) is 0 Å². The fourth-order valence-electron chi connectivity index (χ4n) is 2.10. The molecule has 0 aliphatic carbocycles. The van der Waals surface area contributed by atoms with E-state index in [2.05, 4.69) is 9.97 Å². The SMILES string of the molecule is Cc1cnc2c(c1N)Cc1c(ncc(C)c1N)O2. The predicted octanol–water partition coefficient (Wildman–Crippen LogP) is 1.95. The molecule has 0 saturated heterocycles. The average molecular weight is 242 g/mol. The van der Waals surface area contributed by atoms with Crippen LogP contribution in [0.15, 0.2) is 12.4 Å². The van der Waals surface area contributed by atoms with E-state index in [1.54, 1.807) is 12.4 Å². The van der Waals surface area contributed by atoms with Gasteiger partial charge in [-0.25, -0.2) is 9.97 Å². The van der Waals surface area contributed by atoms with Crippen molar-refractivity contribution in [3.8, 4) is 11.8 Å². The van der Waals surface area contributed by atoms with Gasteiger partial charge in [0.25, 0.3) is 0 Å². The molecule has 1 aliphatic rings. The van der Waals surface area contributed by atoms with Crippen molar-refractivity contribution in [2.24, 2.45) is 0 Å². The largest absolute Gasteiger partial charge is 0.420 e. The Hall–Kier alpha value is -2.30. The Kier molecular flexibility index (Phi) is 2.16. The summed E-state index contributed by atoms with van der Waals surface area (Å²) < 4.78 is 5.67. The van der Waals surface area contributed by atoms with E-state index >= 15 is 0 Å². The van der Waals surface area contributed by atoms with E-state index in [0.717, 1.165) is 22.3 Å². The molecule has 92 valence electrons. The predicted molar refractivity (Wildman–Crippen MR) is 69.7 cm³/mol. The van der Waals surface area contributed by atoms with E-state index in [4.69, 9.17) is 16.2 Å². The van der Waals surface area contributed by atoms with Gasteiger partial charge in [-0.15, -0.1) is 0 Å². The van der Waals surface area contributed by atoms with Crippen LogP contribution in [0.25, 0.3) is 0 Å². The zero-order valence-electron chi connectivity index (χ0n) is 10.3. The van der Waals surface area contributed by atoms with E-state index < -0.39 is 0 Å². The highest BCUT2D eigenvalue weighted by Crippen LogP contribution is 2.40. The minimum Gasteiger partial charge on any atom is -0.420 e. The first kappa shape index (κ1) is 10.8. The van der Waals surface area contributed by atoms with Crippen molar-refractivity contribution >= 4 is 11.4 Å². The first-order valence-electron chi connectivity index (χ1n) is 5.73. The normalized spacial score (nSPS) is 12.6. The van der Waals surface area contributed by atoms with Crippen LogP contribution in [0, 0.1) is 13.8 Å². The highest BCUT2D eigenvalue weighted by atomic mass is 16.5. The Bertz CT molecular complexity index is 596. The standard InChI is InChI=1S/C13H14N4O/c1-6-4-16-12-8(10(6)14)3-9-11(15)7(2)5-17-13(9)18-12/h4-5H,3H2,1-2H3,(H2,14,16)(H2,15,17). The summed E-state index contributed by atoms with van der Waals surface area (Å²) in [6.07, 6.45) is 4.03. The van der Waals surface area contributed by atoms with Gasteiger partial charge in [0, 0.05) is 41.3 Å². The molecular weight excluding hydrogens is 228 g/mol. The smallest absolute Gasteiger partial charge is 0.226 e. The molecule has 18 heavy (non-hydrogen) atoms. The monoisotopic (exact) mass is 242 g/mol. The molecular formula is C13H14N4O. The van der Waals surface area contributed by atoms with Crippen LogP contribution < -0.4 is 16.2 Å². The van der Waals surface area contributed by atoms with Crippen LogP contribution in [0.2, 0.25) is 0 Å². The summed E-state index contributed by atoms with van der Waals surface area (Å²) in [7, 11) is 0. The maximum absolute atomic E-state index is 6.07. The summed E-state index contributed by atoms with van der Waals surface area (Å²) in [5, 5.41) is 0. The maximum Gasteiger partial charge on any atom is 0.226 e. The topological polar surface area (TPSA) is 87.0 Å². The molecule has 0 bridgehead atoms. The molecule has 5 heteroatoms. The van der Waals surface area contributed by atoms with Crippen LogP contribution in [0.4, 0.5) is 11.4 Å². The number of nitrogens with zero attached hydrogens (tertiary/aromatic N) is 2. The second-order valence-corrected chi connectivity index (χ2v) is 4.56. The second-order valence-electron chi connectivity index (χ2n) is 4.56. The molecule has 0 unspecified atom stereocenters. The third-order valence-electron chi connectivity index (χ3n) is 3.31. The van der Waals surface area contributed by atoms with Crippen LogP contribution in [0.1, 0.15) is 22.3 Å². The van der Waals surface area contributed by atoms with Gasteiger partial charge < -0.3 is 16.2 Å². The van der Waals surface area contributed by atoms with Crippen molar-refractivity contribution in [2.45, 2.75) is 20.3 Å². The van der Waals surface area contributed by atoms with Gasteiger partial charge in [0.15, 0.2) is 0 Å². The van der Waals surface area contributed by atoms with Crippen molar-refractivity contribution in [1.82, 2.24) is 9.97 Å². The number of nitrogens with two attached hydrogens (primary N) is 2. The van der Waals surface area contributed by atoms with Gasteiger partial charge in [-0.2, -0.15) is 0 Å². The van der Waals surface area contributed by atoms with Crippen molar-refractivity contribution in [3.63, 3.8) is 0 Å². The number of rotatable bonds is 0. The molecule has 0 saturated carbocycles. The van der Waals surface area contributed by atoms with Crippen molar-refractivity contribution in [2.75, 3.05) is 11.5 Å². The quantitative estimate of drug-likeness (QED) is 0.629. The van der Waals surface area contributed by atoms with Crippen molar-refractivity contribution in [1.29, 1.82) is 0 Å². The Balaban J connectivity index is 2.19. The van der Waals surface area contributed by atoms with Gasteiger partial charge in [0.1, 0.15) is 0 Å². The molecule has 2 aromatic rings. The van der Waals surface area contributed by atoms with Crippen molar-refractivity contribution < 1.29 is 4.74 Å². The lowest BCUT2D eigenvalue weighted by atomic mass is 9.99. The lowest BCUT2D eigenvalue weighted by Crippen LogP contribution is -2.12. The van der Waals surface area contributed by atoms with E-state index in [1.807, 2.05) is 13.8 Å². The fourth-order valence-corrected chi connectivity index (χ4v) is 2.10. The van der Waals surface area contributed by atoms with E-state index in [0.29, 0.717) is 29.6 Å². The number of ether oxygens (including phenoxy) is 1. The molecule has 3 rings (SSSR count). The van der Waals surface area contributed by atoms with Gasteiger partial charge in [-0.05, 0) is 25.0 Å². The first-order chi connectivity index (χ1) is 8.58. The third kappa shape index (κ3) is 1.40. The molecule has 0 spiro atoms. The van der Waals surface area contributed by atoms with E-state index in [1.165, 1.54) is 0 Å². The van der Waals surface area contributed by atoms with Crippen LogP contribution in [-0.4, -0.2) is 9.97 Å². The summed E-state index contributed by atoms with van der Waals surface area (Å²) in [6, 6.07) is 0. The lowest BCUT2D eigenvalue weighted by Gasteiger charge is -2.22. The number of fused-ring (bicyclic) bond motifs is 2. The molecule has 1 aliphatic heterocycles. The van der Waals surface area contributed by atoms with Crippen LogP contribution in [0.5, 0.6) is 11.8 Å². The summed E-state index contributed by atoms with van der Waals surface area (Å²) in [4.78, 5) is 8.50. The first-order valence-corrected chi connectivity index (χ1v) is 5.73. The molecule has 3 heterocycles. The minimum absolute atomic E-state index is 0.529. The second kappa shape index (κ2) is 3.60. The molecule has 0 atom stereocenters. The Labute approximate surface area is 105 Å². The summed E-state index contributed by atoms with van der Waals surface area (Å²) in [5.74, 6) is 1.06. The number of anilines is 2. The van der Waals surface area contributed by atoms with Crippen molar-refractivity contribution in [3.05, 3.63) is 34.6 Å². The Morgan fingerprint density at radius 2 is 1.39 bits per heavy atom. The number of hydrogen-bond donors (Lipinski definition) is 2. The Morgan fingerprint density at radius 1 is 0.944 bits per heavy atom. The molecule has 0 fully saturated rings. The molecule has 4 N–H and O–H groups in total. The minimum atomic E-state index is 0.529. The van der Waals surface area contributed by atoms with Crippen LogP contribution >= 0.6 is 0 Å². The fraction of sp³-hybridized carbons (Fsp3) is 0.231. The Morgan fingerprint density at radius 3 is 1.83 bits per heavy atom. The highest BCUT2D eigenvalue weighted by molar-refractivity contribution is 5.66. The zero-order chi connectivity index (χ0) is 12.9. The van der Waals surface area contributed by atoms with Gasteiger partial charge >= 0.3 is 0 Å². The molecule has 5 nitrogen and oxygen atoms in total. The summed E-state index contributed by atoms with van der Waals surface area (Å²) >= 11 is 0. The summed E-state index contributed by atoms with van der Waals surface area (Å²) in [5.41, 5.74) is 17.2. The summed E-state index contributed by atoms with van der Waals surface area (Å²) in [6.45, 7) is 3.85. The molecule has 2 aromatic heterocycles. The van der Waals surface area contributed by atoms with Gasteiger partial charge in [-0.3, -0.25) is 0 Å².